The van der Waals surface area contributed by atoms with Crippen LogP contribution in [0.5, 0.6) is 0 Å². The number of carbonyl (C=O) groups excluding carboxylic acids is 2. The minimum Gasteiger partial charge on any atom is -0.352 e. The molecule has 1 aromatic carbocycles. The van der Waals surface area contributed by atoms with E-state index in [2.05, 4.69) is 21.6 Å². The summed E-state index contributed by atoms with van der Waals surface area (Å²) >= 11 is 1.70. The van der Waals surface area contributed by atoms with Crippen LogP contribution in [0.1, 0.15) is 26.7 Å². The van der Waals surface area contributed by atoms with Crippen molar-refractivity contribution >= 4 is 63.3 Å². The standard InChI is InChI=1S/C19H27N5O2S.2ClH/c1-12(2)17(20)18(26)21-11-16(25)22-13-7-9-24(10-8-13)19-23-14-5-3-4-6-15(14)27-19;;/h3-6,12-13,17H,7-11,20H2,1-2H3,(H,21,26)(H,22,25);2*1H/t17-;;/m0../s1. The predicted octanol–water partition coefficient (Wildman–Crippen LogP) is 2.32. The van der Waals surface area contributed by atoms with Crippen LogP contribution in [0, 0.1) is 5.92 Å². The molecule has 0 spiro atoms. The van der Waals surface area contributed by atoms with Gasteiger partial charge in [0.05, 0.1) is 22.8 Å². The van der Waals surface area contributed by atoms with Crippen LogP contribution in [-0.2, 0) is 9.59 Å². The van der Waals surface area contributed by atoms with Crippen LogP contribution in [0.25, 0.3) is 10.2 Å². The van der Waals surface area contributed by atoms with Gasteiger partial charge in [0.25, 0.3) is 0 Å². The summed E-state index contributed by atoms with van der Waals surface area (Å²) in [6.45, 7) is 5.44. The van der Waals surface area contributed by atoms with Gasteiger partial charge in [-0.15, -0.1) is 24.8 Å². The van der Waals surface area contributed by atoms with Crippen molar-refractivity contribution in [2.24, 2.45) is 11.7 Å². The fourth-order valence-corrected chi connectivity index (χ4v) is 4.09. The van der Waals surface area contributed by atoms with Gasteiger partial charge in [0.1, 0.15) is 0 Å². The summed E-state index contributed by atoms with van der Waals surface area (Å²) in [4.78, 5) is 30.9. The molecule has 2 aromatic rings. The minimum absolute atomic E-state index is 0. The quantitative estimate of drug-likeness (QED) is 0.612. The Hall–Kier alpha value is -1.61. The third kappa shape index (κ3) is 6.70. The van der Waals surface area contributed by atoms with Gasteiger partial charge in [0.2, 0.25) is 11.8 Å². The second-order valence-electron chi connectivity index (χ2n) is 7.28. The maximum atomic E-state index is 12.1. The van der Waals surface area contributed by atoms with Crippen molar-refractivity contribution in [1.82, 2.24) is 15.6 Å². The Morgan fingerprint density at radius 1 is 1.24 bits per heavy atom. The van der Waals surface area contributed by atoms with Gasteiger partial charge >= 0.3 is 0 Å². The van der Waals surface area contributed by atoms with Gasteiger partial charge < -0.3 is 21.3 Å². The normalized spacial score (nSPS) is 15.4. The van der Waals surface area contributed by atoms with Crippen LogP contribution in [0.15, 0.2) is 24.3 Å². The van der Waals surface area contributed by atoms with Crippen LogP contribution in [0.4, 0.5) is 5.13 Å². The molecule has 0 saturated carbocycles. The fraction of sp³-hybridized carbons (Fsp3) is 0.526. The summed E-state index contributed by atoms with van der Waals surface area (Å²) in [5.41, 5.74) is 6.81. The number of aromatic nitrogens is 1. The van der Waals surface area contributed by atoms with E-state index in [0.717, 1.165) is 36.6 Å². The number of rotatable bonds is 6. The van der Waals surface area contributed by atoms with E-state index in [9.17, 15) is 9.59 Å². The van der Waals surface area contributed by atoms with Crippen LogP contribution in [-0.4, -0.2) is 48.5 Å². The van der Waals surface area contributed by atoms with Crippen LogP contribution in [0.3, 0.4) is 0 Å². The van der Waals surface area contributed by atoms with Crippen LogP contribution in [0.2, 0.25) is 0 Å². The van der Waals surface area contributed by atoms with Gasteiger partial charge in [0.15, 0.2) is 5.13 Å². The molecule has 1 fully saturated rings. The van der Waals surface area contributed by atoms with Crippen molar-refractivity contribution in [3.05, 3.63) is 24.3 Å². The summed E-state index contributed by atoms with van der Waals surface area (Å²) < 4.78 is 1.19. The lowest BCUT2D eigenvalue weighted by Crippen LogP contribution is -2.50. The Kier molecular flexibility index (Phi) is 10.1. The predicted molar refractivity (Wildman–Crippen MR) is 123 cm³/mol. The van der Waals surface area contributed by atoms with Crippen LogP contribution >= 0.6 is 36.2 Å². The molecule has 1 saturated heterocycles. The average molecular weight is 462 g/mol. The highest BCUT2D eigenvalue weighted by Gasteiger charge is 2.23. The first-order valence-corrected chi connectivity index (χ1v) is 10.2. The number of halogens is 2. The highest BCUT2D eigenvalue weighted by molar-refractivity contribution is 7.22. The van der Waals surface area contributed by atoms with E-state index in [4.69, 9.17) is 10.7 Å². The van der Waals surface area contributed by atoms with Crippen molar-refractivity contribution in [2.45, 2.75) is 38.8 Å². The fourth-order valence-electron chi connectivity index (χ4n) is 3.08. The van der Waals surface area contributed by atoms with E-state index in [1.54, 1.807) is 11.3 Å². The van der Waals surface area contributed by atoms with Crippen molar-refractivity contribution in [1.29, 1.82) is 0 Å². The monoisotopic (exact) mass is 461 g/mol. The summed E-state index contributed by atoms with van der Waals surface area (Å²) in [6.07, 6.45) is 1.72. The van der Waals surface area contributed by atoms with Gasteiger partial charge in [0, 0.05) is 19.1 Å². The first-order chi connectivity index (χ1) is 12.9. The molecule has 0 unspecified atom stereocenters. The second kappa shape index (κ2) is 11.5. The number of nitrogens with zero attached hydrogens (tertiary/aromatic N) is 2. The number of hydrogen-bond donors (Lipinski definition) is 3. The van der Waals surface area contributed by atoms with E-state index in [-0.39, 0.29) is 55.1 Å². The van der Waals surface area contributed by atoms with E-state index >= 15 is 0 Å². The average Bonchev–Trinajstić information content (AvgIpc) is 3.10. The molecule has 1 aliphatic rings. The van der Waals surface area contributed by atoms with Crippen molar-refractivity contribution < 1.29 is 9.59 Å². The number of nitrogens with one attached hydrogen (secondary N) is 2. The van der Waals surface area contributed by atoms with Crippen molar-refractivity contribution in [3.8, 4) is 0 Å². The van der Waals surface area contributed by atoms with E-state index in [1.807, 2.05) is 32.0 Å². The summed E-state index contributed by atoms with van der Waals surface area (Å²) in [7, 11) is 0. The first kappa shape index (κ1) is 25.4. The van der Waals surface area contributed by atoms with Gasteiger partial charge in [-0.1, -0.05) is 37.3 Å². The van der Waals surface area contributed by atoms with Gasteiger partial charge in [-0.2, -0.15) is 0 Å². The lowest BCUT2D eigenvalue weighted by atomic mass is 10.0. The van der Waals surface area contributed by atoms with Gasteiger partial charge in [-0.25, -0.2) is 4.98 Å². The smallest absolute Gasteiger partial charge is 0.239 e. The number of carbonyl (C=O) groups is 2. The molecule has 0 radical (unpaired) electrons. The van der Waals surface area contributed by atoms with E-state index in [0.29, 0.717) is 0 Å². The Morgan fingerprint density at radius 3 is 2.52 bits per heavy atom. The zero-order chi connectivity index (χ0) is 19.4. The molecule has 29 heavy (non-hydrogen) atoms. The van der Waals surface area contributed by atoms with E-state index in [1.165, 1.54) is 4.70 Å². The Bertz CT molecular complexity index is 776. The largest absolute Gasteiger partial charge is 0.352 e. The third-order valence-electron chi connectivity index (χ3n) is 4.86. The molecule has 162 valence electrons. The number of fused-ring (bicyclic) bond motifs is 1. The molecule has 1 atom stereocenters. The SMILES string of the molecule is CC(C)[C@H](N)C(=O)NCC(=O)NC1CCN(c2nc3ccccc3s2)CC1.Cl.Cl. The molecule has 10 heteroatoms. The van der Waals surface area contributed by atoms with Crippen molar-refractivity contribution in [3.63, 3.8) is 0 Å². The van der Waals surface area contributed by atoms with Crippen LogP contribution < -0.4 is 21.3 Å². The van der Waals surface area contributed by atoms with Gasteiger partial charge in [-0.05, 0) is 30.9 Å². The maximum absolute atomic E-state index is 12.1. The number of thiazole rings is 1. The van der Waals surface area contributed by atoms with E-state index < -0.39 is 6.04 Å². The lowest BCUT2D eigenvalue weighted by Gasteiger charge is -2.32. The third-order valence-corrected chi connectivity index (χ3v) is 5.95. The second-order valence-corrected chi connectivity index (χ2v) is 8.29. The molecule has 3 rings (SSSR count). The number of hydrogen-bond acceptors (Lipinski definition) is 6. The summed E-state index contributed by atoms with van der Waals surface area (Å²) in [5, 5.41) is 6.65. The zero-order valence-corrected chi connectivity index (χ0v) is 19.0. The Labute approximate surface area is 187 Å². The molecule has 7 nitrogen and oxygen atoms in total. The zero-order valence-electron chi connectivity index (χ0n) is 16.6. The molecule has 1 aliphatic heterocycles. The lowest BCUT2D eigenvalue weighted by molar-refractivity contribution is -0.127. The molecule has 2 heterocycles. The Balaban J connectivity index is 0.00000210. The first-order valence-electron chi connectivity index (χ1n) is 9.37. The van der Waals surface area contributed by atoms with Crippen molar-refractivity contribution in [2.75, 3.05) is 24.5 Å². The number of benzene rings is 1. The summed E-state index contributed by atoms with van der Waals surface area (Å²) in [5.74, 6) is -0.413. The molecule has 0 bridgehead atoms. The van der Waals surface area contributed by atoms with Gasteiger partial charge in [-0.3, -0.25) is 9.59 Å². The number of amides is 2. The topological polar surface area (TPSA) is 100 Å². The summed E-state index contributed by atoms with van der Waals surface area (Å²) in [6, 6.07) is 7.68. The number of piperidine rings is 1. The number of nitrogens with two attached hydrogens (primary N) is 1. The molecule has 1 aromatic heterocycles. The molecule has 2 amide bonds. The Morgan fingerprint density at radius 2 is 1.90 bits per heavy atom. The highest BCUT2D eigenvalue weighted by atomic mass is 35.5. The molecular weight excluding hydrogens is 433 g/mol. The molecular formula is C19H29Cl2N5O2S. The maximum Gasteiger partial charge on any atom is 0.239 e. The number of anilines is 1. The molecule has 0 aliphatic carbocycles. The highest BCUT2D eigenvalue weighted by Crippen LogP contribution is 2.30. The number of para-hydroxylation sites is 1. The molecule has 4 N–H and O–H groups in total. The minimum atomic E-state index is -0.588.